The van der Waals surface area contributed by atoms with Gasteiger partial charge in [0.25, 0.3) is 0 Å². The van der Waals surface area contributed by atoms with E-state index in [4.69, 9.17) is 22.1 Å². The Kier molecular flexibility index (Phi) is 7.43. The number of ether oxygens (including phenoxy) is 1. The maximum Gasteiger partial charge on any atom is 0.316 e. The van der Waals surface area contributed by atoms with Crippen LogP contribution in [-0.4, -0.2) is 51.1 Å². The lowest BCUT2D eigenvalue weighted by atomic mass is 10.2. The Morgan fingerprint density at radius 3 is 2.42 bits per heavy atom. The highest BCUT2D eigenvalue weighted by Gasteiger charge is 2.39. The van der Waals surface area contributed by atoms with Crippen LogP contribution in [0.5, 0.6) is 5.75 Å². The molecule has 2 heterocycles. The lowest BCUT2D eigenvalue weighted by Crippen LogP contribution is -2.47. The van der Waals surface area contributed by atoms with Crippen LogP contribution in [0.1, 0.15) is 25.3 Å². The first-order valence-corrected chi connectivity index (χ1v) is 13.9. The third kappa shape index (κ3) is 5.84. The molecule has 0 spiro atoms. The summed E-state index contributed by atoms with van der Waals surface area (Å²) < 4.78 is 49.5. The summed E-state index contributed by atoms with van der Waals surface area (Å²) in [5.41, 5.74) is 6.96. The van der Waals surface area contributed by atoms with Gasteiger partial charge in [0.15, 0.2) is 0 Å². The van der Waals surface area contributed by atoms with Crippen molar-refractivity contribution in [3.05, 3.63) is 75.2 Å². The summed E-state index contributed by atoms with van der Waals surface area (Å²) >= 11 is 6.09. The van der Waals surface area contributed by atoms with Crippen molar-refractivity contribution in [1.29, 1.82) is 0 Å². The maximum absolute atomic E-state index is 13.8. The molecule has 12 heteroatoms. The molecule has 1 atom stereocenters. The summed E-state index contributed by atoms with van der Waals surface area (Å²) in [6.07, 6.45) is 3.48. The fourth-order valence-corrected chi connectivity index (χ4v) is 5.69. The summed E-state index contributed by atoms with van der Waals surface area (Å²) in [6, 6.07) is 8.06. The van der Waals surface area contributed by atoms with Gasteiger partial charge in [-0.2, -0.15) is 9.78 Å². The number of piperazine rings is 1. The van der Waals surface area contributed by atoms with Crippen molar-refractivity contribution in [3.8, 4) is 11.4 Å². The number of hydrogen-bond donors (Lipinski definition) is 1. The van der Waals surface area contributed by atoms with Crippen molar-refractivity contribution in [2.45, 2.75) is 25.5 Å². The van der Waals surface area contributed by atoms with Crippen LogP contribution in [0.4, 0.5) is 20.2 Å². The smallest absolute Gasteiger partial charge is 0.316 e. The number of nitrogens with zero attached hydrogens (tertiary/aromatic N) is 4. The van der Waals surface area contributed by atoms with E-state index in [1.54, 1.807) is 12.1 Å². The summed E-state index contributed by atoms with van der Waals surface area (Å²) in [4.78, 5) is 15.4. The number of hydrogen-bond acceptors (Lipinski definition) is 6. The third-order valence-electron chi connectivity index (χ3n) is 6.90. The molecule has 1 aromatic heterocycles. The van der Waals surface area contributed by atoms with Crippen molar-refractivity contribution in [2.24, 2.45) is 5.41 Å². The average Bonchev–Trinajstić information content (AvgIpc) is 3.62. The predicted octanol–water partition coefficient (Wildman–Crippen LogP) is 3.91. The number of benzene rings is 2. The van der Waals surface area contributed by atoms with Gasteiger partial charge in [-0.15, -0.1) is 0 Å². The first-order valence-electron chi connectivity index (χ1n) is 12.3. The standard InChI is InChI=1S/C26H28ClF2N5O3S/c1-26(4-5-26)16-37-24-23(14-31-34(25(24)35)20-12-18(28)11-19(29)13-20)32-6-8-33(9-7-32)38(36)15-17-2-3-22(30)21(27)10-17/h2-3,10-14H,4-9,15-16,30H2,1H3. The molecule has 2 fully saturated rings. The maximum atomic E-state index is 13.8. The quantitative estimate of drug-likeness (QED) is 0.418. The summed E-state index contributed by atoms with van der Waals surface area (Å²) in [5, 5.41) is 4.64. The molecule has 1 unspecified atom stereocenters. The number of aromatic nitrogens is 2. The van der Waals surface area contributed by atoms with Gasteiger partial charge in [0.1, 0.15) is 17.3 Å². The van der Waals surface area contributed by atoms with Crippen LogP contribution in [0.3, 0.4) is 0 Å². The molecule has 3 aromatic rings. The monoisotopic (exact) mass is 563 g/mol. The SMILES string of the molecule is CC1(COc2c(N3CCN(S(=O)Cc4ccc(N)c(Cl)c4)CC3)cnn(-c3cc(F)cc(F)c3)c2=O)CC1. The molecule has 0 bridgehead atoms. The highest BCUT2D eigenvalue weighted by molar-refractivity contribution is 7.81. The predicted molar refractivity (Wildman–Crippen MR) is 144 cm³/mol. The van der Waals surface area contributed by atoms with Crippen LogP contribution in [-0.2, 0) is 16.7 Å². The van der Waals surface area contributed by atoms with Crippen molar-refractivity contribution < 1.29 is 17.7 Å². The van der Waals surface area contributed by atoms with Crippen LogP contribution in [0.2, 0.25) is 5.02 Å². The highest BCUT2D eigenvalue weighted by atomic mass is 35.5. The zero-order valence-corrected chi connectivity index (χ0v) is 22.4. The van der Waals surface area contributed by atoms with Crippen LogP contribution in [0.25, 0.3) is 5.69 Å². The molecule has 2 aliphatic rings. The van der Waals surface area contributed by atoms with E-state index >= 15 is 0 Å². The van der Waals surface area contributed by atoms with Gasteiger partial charge in [0, 0.05) is 37.7 Å². The minimum absolute atomic E-state index is 0.00334. The largest absolute Gasteiger partial charge is 0.486 e. The topological polar surface area (TPSA) is 93.7 Å². The Labute approximate surface area is 226 Å². The van der Waals surface area contributed by atoms with Gasteiger partial charge in [-0.05, 0) is 42.7 Å². The fraction of sp³-hybridized carbons (Fsp3) is 0.385. The Morgan fingerprint density at radius 1 is 1.11 bits per heavy atom. The van der Waals surface area contributed by atoms with Crippen molar-refractivity contribution in [2.75, 3.05) is 43.4 Å². The number of halogens is 3. The Morgan fingerprint density at radius 2 is 1.79 bits per heavy atom. The fourth-order valence-electron chi connectivity index (χ4n) is 4.27. The Hall–Kier alpha value is -3.02. The van der Waals surface area contributed by atoms with Gasteiger partial charge in [-0.1, -0.05) is 24.6 Å². The third-order valence-corrected chi connectivity index (χ3v) is 8.75. The van der Waals surface area contributed by atoms with Gasteiger partial charge >= 0.3 is 5.56 Å². The van der Waals surface area contributed by atoms with Gasteiger partial charge in [0.2, 0.25) is 5.75 Å². The average molecular weight is 564 g/mol. The number of nitrogen functional groups attached to an aromatic ring is 1. The molecular weight excluding hydrogens is 536 g/mol. The number of rotatable bonds is 8. The summed E-state index contributed by atoms with van der Waals surface area (Å²) in [7, 11) is -1.27. The second-order valence-electron chi connectivity index (χ2n) is 10.0. The molecule has 1 saturated heterocycles. The highest BCUT2D eigenvalue weighted by Crippen LogP contribution is 2.45. The molecule has 0 amide bonds. The van der Waals surface area contributed by atoms with E-state index in [2.05, 4.69) is 12.0 Å². The van der Waals surface area contributed by atoms with E-state index in [0.29, 0.717) is 54.9 Å². The first kappa shape index (κ1) is 26.6. The number of nitrogens with two attached hydrogens (primary N) is 1. The Bertz CT molecular complexity index is 1420. The second kappa shape index (κ2) is 10.6. The van der Waals surface area contributed by atoms with Crippen LogP contribution in [0, 0.1) is 17.0 Å². The van der Waals surface area contributed by atoms with Gasteiger partial charge in [0.05, 0.1) is 45.9 Å². The molecule has 2 aromatic carbocycles. The van der Waals surface area contributed by atoms with Crippen molar-refractivity contribution in [3.63, 3.8) is 0 Å². The van der Waals surface area contributed by atoms with Crippen molar-refractivity contribution >= 4 is 34.0 Å². The number of anilines is 2. The molecule has 0 radical (unpaired) electrons. The first-order chi connectivity index (χ1) is 18.1. The van der Waals surface area contributed by atoms with E-state index in [9.17, 15) is 17.8 Å². The van der Waals surface area contributed by atoms with Gasteiger partial charge < -0.3 is 15.4 Å². The molecule has 1 saturated carbocycles. The molecule has 5 rings (SSSR count). The van der Waals surface area contributed by atoms with E-state index < -0.39 is 28.2 Å². The van der Waals surface area contributed by atoms with Crippen LogP contribution in [0.15, 0.2) is 47.4 Å². The summed E-state index contributed by atoms with van der Waals surface area (Å²) in [6.45, 7) is 4.39. The van der Waals surface area contributed by atoms with E-state index in [1.807, 2.05) is 15.3 Å². The lowest BCUT2D eigenvalue weighted by Gasteiger charge is -2.35. The zero-order valence-electron chi connectivity index (χ0n) is 20.8. The molecule has 202 valence electrons. The summed E-state index contributed by atoms with van der Waals surface area (Å²) in [5.74, 6) is -1.22. The van der Waals surface area contributed by atoms with Crippen LogP contribution >= 0.6 is 11.6 Å². The molecule has 2 N–H and O–H groups in total. The zero-order chi connectivity index (χ0) is 27.0. The van der Waals surface area contributed by atoms with E-state index in [1.165, 1.54) is 6.20 Å². The second-order valence-corrected chi connectivity index (χ2v) is 11.9. The van der Waals surface area contributed by atoms with E-state index in [-0.39, 0.29) is 16.9 Å². The Balaban J connectivity index is 1.35. The van der Waals surface area contributed by atoms with Gasteiger partial charge in [-0.3, -0.25) is 4.79 Å². The molecule has 38 heavy (non-hydrogen) atoms. The normalized spacial score (nSPS) is 17.8. The molecule has 8 nitrogen and oxygen atoms in total. The molecular formula is C26H28ClF2N5O3S. The molecule has 1 aliphatic heterocycles. The van der Waals surface area contributed by atoms with Gasteiger partial charge in [-0.25, -0.2) is 17.3 Å². The minimum atomic E-state index is -1.27. The molecule has 1 aliphatic carbocycles. The van der Waals surface area contributed by atoms with Crippen molar-refractivity contribution in [1.82, 2.24) is 14.1 Å². The minimum Gasteiger partial charge on any atom is -0.486 e. The lowest BCUT2D eigenvalue weighted by molar-refractivity contribution is 0.242. The van der Waals surface area contributed by atoms with E-state index in [0.717, 1.165) is 41.3 Å². The van der Waals surface area contributed by atoms with Crippen LogP contribution < -0.4 is 20.9 Å².